The van der Waals surface area contributed by atoms with E-state index in [2.05, 4.69) is 13.8 Å². The fourth-order valence-corrected chi connectivity index (χ4v) is 4.62. The van der Waals surface area contributed by atoms with Crippen LogP contribution in [0.2, 0.25) is 0 Å². The van der Waals surface area contributed by atoms with Gasteiger partial charge in [-0.15, -0.1) is 0 Å². The van der Waals surface area contributed by atoms with Gasteiger partial charge in [-0.05, 0) is 12.8 Å². The molecule has 33 heavy (non-hydrogen) atoms. The van der Waals surface area contributed by atoms with E-state index in [1.54, 1.807) is 0 Å². The van der Waals surface area contributed by atoms with Gasteiger partial charge in [0.1, 0.15) is 0 Å². The monoisotopic (exact) mass is 468 g/mol. The van der Waals surface area contributed by atoms with E-state index in [0.717, 1.165) is 19.3 Å². The fraction of sp³-hybridized carbons (Fsp3) is 0.967. The first-order valence-electron chi connectivity index (χ1n) is 15.1. The van der Waals surface area contributed by atoms with Crippen molar-refractivity contribution < 1.29 is 14.6 Å². The molecule has 0 fully saturated rings. The first kappa shape index (κ1) is 32.4. The van der Waals surface area contributed by atoms with E-state index in [1.807, 2.05) is 0 Å². The van der Waals surface area contributed by atoms with Crippen molar-refractivity contribution in [3.63, 3.8) is 0 Å². The number of hydrogen-bond acceptors (Lipinski definition) is 2. The Labute approximate surface area is 207 Å². The second-order valence-electron chi connectivity index (χ2n) is 10.3. The molecule has 0 rings (SSSR count). The maximum absolute atomic E-state index is 11.5. The number of carbonyl (C=O) groups is 1. The summed E-state index contributed by atoms with van der Waals surface area (Å²) in [5, 5.41) is 9.41. The first-order chi connectivity index (χ1) is 16.2. The van der Waals surface area contributed by atoms with Gasteiger partial charge in [0.2, 0.25) is 0 Å². The highest BCUT2D eigenvalue weighted by Gasteiger charge is 2.17. The predicted molar refractivity (Wildman–Crippen MR) is 144 cm³/mol. The molecule has 1 unspecified atom stereocenters. The zero-order valence-electron chi connectivity index (χ0n) is 22.7. The highest BCUT2D eigenvalue weighted by Crippen LogP contribution is 2.15. The Morgan fingerprint density at radius 2 is 0.818 bits per heavy atom. The van der Waals surface area contributed by atoms with Gasteiger partial charge in [0.15, 0.2) is 6.10 Å². The second-order valence-corrected chi connectivity index (χ2v) is 10.3. The van der Waals surface area contributed by atoms with E-state index in [-0.39, 0.29) is 0 Å². The smallest absolute Gasteiger partial charge is 0.332 e. The minimum absolute atomic E-state index is 0.596. The zero-order chi connectivity index (χ0) is 24.2. The molecular formula is C30H60O3. The molecule has 0 heterocycles. The van der Waals surface area contributed by atoms with Crippen LogP contribution in [0, 0.1) is 0 Å². The third-order valence-electron chi connectivity index (χ3n) is 6.91. The minimum Gasteiger partial charge on any atom is -0.479 e. The Morgan fingerprint density at radius 3 is 1.15 bits per heavy atom. The van der Waals surface area contributed by atoms with E-state index in [4.69, 9.17) is 4.74 Å². The summed E-state index contributed by atoms with van der Waals surface area (Å²) in [5.74, 6) is -0.781. The van der Waals surface area contributed by atoms with Crippen LogP contribution < -0.4 is 0 Å². The zero-order valence-corrected chi connectivity index (χ0v) is 22.7. The molecule has 0 aliphatic heterocycles. The van der Waals surface area contributed by atoms with E-state index >= 15 is 0 Å². The van der Waals surface area contributed by atoms with Crippen LogP contribution in [-0.4, -0.2) is 23.8 Å². The summed E-state index contributed by atoms with van der Waals surface area (Å²) in [6.45, 7) is 5.14. The number of hydrogen-bond donors (Lipinski definition) is 1. The fourth-order valence-electron chi connectivity index (χ4n) is 4.62. The van der Waals surface area contributed by atoms with Crippen LogP contribution in [0.5, 0.6) is 0 Å². The van der Waals surface area contributed by atoms with Crippen LogP contribution in [0.4, 0.5) is 0 Å². The molecule has 0 aromatic rings. The standard InChI is InChI=1S/C30H60O3/c1-3-5-7-9-11-13-15-16-18-20-22-24-26-28-33-29(30(31)32)27-25-23-21-19-17-14-12-10-8-6-4-2/h29H,3-28H2,1-2H3,(H,31,32). The number of aliphatic carboxylic acids is 1. The molecule has 3 heteroatoms. The lowest BCUT2D eigenvalue weighted by molar-refractivity contribution is -0.151. The molecule has 0 bridgehead atoms. The van der Waals surface area contributed by atoms with Gasteiger partial charge in [-0.25, -0.2) is 4.79 Å². The van der Waals surface area contributed by atoms with Crippen LogP contribution in [0.3, 0.4) is 0 Å². The van der Waals surface area contributed by atoms with Gasteiger partial charge < -0.3 is 9.84 Å². The van der Waals surface area contributed by atoms with Crippen LogP contribution >= 0.6 is 0 Å². The third kappa shape index (κ3) is 25.9. The highest BCUT2D eigenvalue weighted by atomic mass is 16.5. The molecule has 0 saturated carbocycles. The lowest BCUT2D eigenvalue weighted by atomic mass is 10.0. The molecule has 0 aromatic heterocycles. The number of ether oxygens (including phenoxy) is 1. The summed E-state index contributed by atoms with van der Waals surface area (Å²) in [7, 11) is 0. The molecule has 0 aliphatic carbocycles. The first-order valence-corrected chi connectivity index (χ1v) is 15.1. The summed E-state index contributed by atoms with van der Waals surface area (Å²) in [5.41, 5.74) is 0. The van der Waals surface area contributed by atoms with Gasteiger partial charge in [0, 0.05) is 6.61 Å². The maximum Gasteiger partial charge on any atom is 0.332 e. The SMILES string of the molecule is CCCCCCCCCCCCCCCOC(CCCCCCCCCCCCC)C(=O)O. The lowest BCUT2D eigenvalue weighted by Gasteiger charge is -2.13. The van der Waals surface area contributed by atoms with Crippen LogP contribution in [-0.2, 0) is 9.53 Å². The van der Waals surface area contributed by atoms with Crippen molar-refractivity contribution in [1.82, 2.24) is 0 Å². The van der Waals surface area contributed by atoms with Crippen molar-refractivity contribution in [3.8, 4) is 0 Å². The molecule has 0 radical (unpaired) electrons. The molecule has 0 spiro atoms. The van der Waals surface area contributed by atoms with Gasteiger partial charge in [-0.3, -0.25) is 0 Å². The highest BCUT2D eigenvalue weighted by molar-refractivity contribution is 5.72. The van der Waals surface area contributed by atoms with Crippen LogP contribution in [0.15, 0.2) is 0 Å². The van der Waals surface area contributed by atoms with Gasteiger partial charge >= 0.3 is 5.97 Å². The van der Waals surface area contributed by atoms with E-state index in [0.29, 0.717) is 13.0 Å². The Bertz CT molecular complexity index is 383. The summed E-state index contributed by atoms with van der Waals surface area (Å²) in [4.78, 5) is 11.5. The number of rotatable bonds is 28. The van der Waals surface area contributed by atoms with Crippen molar-refractivity contribution in [1.29, 1.82) is 0 Å². The molecule has 0 aliphatic rings. The summed E-state index contributed by atoms with van der Waals surface area (Å²) >= 11 is 0. The second kappa shape index (κ2) is 27.7. The summed E-state index contributed by atoms with van der Waals surface area (Å²) < 4.78 is 5.70. The van der Waals surface area contributed by atoms with Gasteiger partial charge in [-0.1, -0.05) is 162 Å². The molecule has 0 saturated heterocycles. The van der Waals surface area contributed by atoms with E-state index in [1.165, 1.54) is 135 Å². The average Bonchev–Trinajstić information content (AvgIpc) is 2.81. The summed E-state index contributed by atoms with van der Waals surface area (Å²) in [6.07, 6.45) is 31.6. The summed E-state index contributed by atoms with van der Waals surface area (Å²) in [6, 6.07) is 0. The lowest BCUT2D eigenvalue weighted by Crippen LogP contribution is -2.24. The number of carboxylic acids is 1. The Morgan fingerprint density at radius 1 is 0.515 bits per heavy atom. The molecule has 0 aromatic carbocycles. The van der Waals surface area contributed by atoms with Crippen LogP contribution in [0.25, 0.3) is 0 Å². The van der Waals surface area contributed by atoms with Gasteiger partial charge in [0.05, 0.1) is 0 Å². The number of carboxylic acid groups (broad SMARTS) is 1. The van der Waals surface area contributed by atoms with Crippen molar-refractivity contribution >= 4 is 5.97 Å². The quantitative estimate of drug-likeness (QED) is 0.116. The average molecular weight is 469 g/mol. The predicted octanol–water partition coefficient (Wildman–Crippen LogP) is 10.2. The normalized spacial score (nSPS) is 12.3. The Balaban J connectivity index is 3.41. The van der Waals surface area contributed by atoms with Gasteiger partial charge in [0.25, 0.3) is 0 Å². The van der Waals surface area contributed by atoms with Crippen LogP contribution in [0.1, 0.15) is 174 Å². The van der Waals surface area contributed by atoms with Crippen molar-refractivity contribution in [2.24, 2.45) is 0 Å². The topological polar surface area (TPSA) is 46.5 Å². The Hall–Kier alpha value is -0.570. The Kier molecular flexibility index (Phi) is 27.2. The molecule has 1 N–H and O–H groups in total. The van der Waals surface area contributed by atoms with Crippen molar-refractivity contribution in [2.45, 2.75) is 180 Å². The molecule has 3 nitrogen and oxygen atoms in total. The third-order valence-corrected chi connectivity index (χ3v) is 6.91. The number of unbranched alkanes of at least 4 members (excludes halogenated alkanes) is 22. The minimum atomic E-state index is -0.781. The van der Waals surface area contributed by atoms with E-state index < -0.39 is 12.1 Å². The van der Waals surface area contributed by atoms with Crippen molar-refractivity contribution in [2.75, 3.05) is 6.61 Å². The molecule has 0 amide bonds. The van der Waals surface area contributed by atoms with Crippen molar-refractivity contribution in [3.05, 3.63) is 0 Å². The molecule has 1 atom stereocenters. The van der Waals surface area contributed by atoms with E-state index in [9.17, 15) is 9.90 Å². The largest absolute Gasteiger partial charge is 0.479 e. The van der Waals surface area contributed by atoms with Gasteiger partial charge in [-0.2, -0.15) is 0 Å². The maximum atomic E-state index is 11.5. The molecular weight excluding hydrogens is 408 g/mol. The molecule has 198 valence electrons.